The normalized spacial score (nSPS) is 10.7. The van der Waals surface area contributed by atoms with Crippen molar-refractivity contribution in [3.05, 3.63) is 41.7 Å². The molecule has 0 bridgehead atoms. The van der Waals surface area contributed by atoms with E-state index in [9.17, 15) is 13.2 Å². The molecule has 0 fully saturated rings. The molecule has 6 heteroatoms. The van der Waals surface area contributed by atoms with Gasteiger partial charge in [0, 0.05) is 0 Å². The molecule has 0 spiro atoms. The van der Waals surface area contributed by atoms with Gasteiger partial charge in [-0.25, -0.2) is 22.8 Å². The number of aryl methyl sites for hydroxylation is 1. The van der Waals surface area contributed by atoms with Crippen molar-refractivity contribution in [1.82, 2.24) is 14.8 Å². The maximum Gasteiger partial charge on any atom is 0.196 e. The lowest BCUT2D eigenvalue weighted by atomic mass is 10.3. The molecule has 3 nitrogen and oxygen atoms in total. The first-order valence-electron chi connectivity index (χ1n) is 4.11. The van der Waals surface area contributed by atoms with Crippen LogP contribution in [0.3, 0.4) is 0 Å². The van der Waals surface area contributed by atoms with E-state index < -0.39 is 17.5 Å². The molecule has 0 N–H and O–H groups in total. The van der Waals surface area contributed by atoms with E-state index in [0.29, 0.717) is 5.82 Å². The van der Waals surface area contributed by atoms with E-state index in [1.54, 1.807) is 6.92 Å². The van der Waals surface area contributed by atoms with E-state index in [1.807, 2.05) is 0 Å². The molecule has 1 aromatic heterocycles. The molecule has 0 aliphatic rings. The summed E-state index contributed by atoms with van der Waals surface area (Å²) in [6.45, 7) is 1.61. The molecule has 0 atom stereocenters. The molecule has 0 aliphatic heterocycles. The zero-order chi connectivity index (χ0) is 11.0. The number of hydrogen-bond acceptors (Lipinski definition) is 2. The molecule has 2 rings (SSSR count). The minimum Gasteiger partial charge on any atom is -0.220 e. The fraction of sp³-hybridized carbons (Fsp3) is 0.111. The van der Waals surface area contributed by atoms with Gasteiger partial charge in [0.25, 0.3) is 0 Å². The third-order valence-electron chi connectivity index (χ3n) is 1.87. The van der Waals surface area contributed by atoms with Crippen molar-refractivity contribution in [3.63, 3.8) is 0 Å². The highest BCUT2D eigenvalue weighted by molar-refractivity contribution is 5.33. The molecule has 2 aromatic rings. The summed E-state index contributed by atoms with van der Waals surface area (Å²) in [7, 11) is 0. The molecule has 15 heavy (non-hydrogen) atoms. The van der Waals surface area contributed by atoms with Gasteiger partial charge in [0.2, 0.25) is 0 Å². The van der Waals surface area contributed by atoms with Crippen LogP contribution in [0, 0.1) is 24.4 Å². The Labute approximate surface area is 83.2 Å². The molecule has 0 unspecified atom stereocenters. The van der Waals surface area contributed by atoms with E-state index in [0.717, 1.165) is 16.8 Å². The first kappa shape index (κ1) is 9.70. The fourth-order valence-electron chi connectivity index (χ4n) is 1.15. The fourth-order valence-corrected chi connectivity index (χ4v) is 1.15. The molecule has 1 heterocycles. The highest BCUT2D eigenvalue weighted by Crippen LogP contribution is 2.17. The SMILES string of the molecule is Cc1ncn(-c2ccc(F)c(F)c2F)n1. The number of aromatic nitrogens is 3. The topological polar surface area (TPSA) is 30.7 Å². The van der Waals surface area contributed by atoms with Crippen LogP contribution < -0.4 is 0 Å². The van der Waals surface area contributed by atoms with Gasteiger partial charge < -0.3 is 0 Å². The van der Waals surface area contributed by atoms with Crippen LogP contribution in [-0.4, -0.2) is 14.8 Å². The molecule has 0 radical (unpaired) electrons. The largest absolute Gasteiger partial charge is 0.220 e. The highest BCUT2D eigenvalue weighted by Gasteiger charge is 2.15. The van der Waals surface area contributed by atoms with Crippen molar-refractivity contribution >= 4 is 0 Å². The van der Waals surface area contributed by atoms with Crippen molar-refractivity contribution in [2.45, 2.75) is 6.92 Å². The van der Waals surface area contributed by atoms with Crippen molar-refractivity contribution in [2.75, 3.05) is 0 Å². The molecular formula is C9H6F3N3. The lowest BCUT2D eigenvalue weighted by Gasteiger charge is -2.03. The Bertz CT molecular complexity index is 507. The van der Waals surface area contributed by atoms with Crippen molar-refractivity contribution < 1.29 is 13.2 Å². The van der Waals surface area contributed by atoms with Crippen LogP contribution in [0.5, 0.6) is 0 Å². The van der Waals surface area contributed by atoms with E-state index >= 15 is 0 Å². The molecule has 78 valence electrons. The Hall–Kier alpha value is -1.85. The lowest BCUT2D eigenvalue weighted by Crippen LogP contribution is -2.02. The molecule has 0 aliphatic carbocycles. The monoisotopic (exact) mass is 213 g/mol. The van der Waals surface area contributed by atoms with Gasteiger partial charge in [-0.15, -0.1) is 0 Å². The average Bonchev–Trinajstić information content (AvgIpc) is 2.61. The quantitative estimate of drug-likeness (QED) is 0.678. The molecule has 1 aromatic carbocycles. The lowest BCUT2D eigenvalue weighted by molar-refractivity contribution is 0.443. The Morgan fingerprint density at radius 1 is 1.13 bits per heavy atom. The third kappa shape index (κ3) is 1.58. The summed E-state index contributed by atoms with van der Waals surface area (Å²) < 4.78 is 39.8. The van der Waals surface area contributed by atoms with Crippen molar-refractivity contribution in [2.24, 2.45) is 0 Å². The van der Waals surface area contributed by atoms with Gasteiger partial charge in [-0.1, -0.05) is 0 Å². The van der Waals surface area contributed by atoms with Gasteiger partial charge >= 0.3 is 0 Å². The molecule has 0 saturated heterocycles. The van der Waals surface area contributed by atoms with Crippen LogP contribution in [0.25, 0.3) is 5.69 Å². The Morgan fingerprint density at radius 3 is 2.47 bits per heavy atom. The van der Waals surface area contributed by atoms with E-state index in [1.165, 1.54) is 6.33 Å². The number of benzene rings is 1. The van der Waals surface area contributed by atoms with Gasteiger partial charge in [0.1, 0.15) is 17.8 Å². The van der Waals surface area contributed by atoms with Crippen LogP contribution in [0.2, 0.25) is 0 Å². The summed E-state index contributed by atoms with van der Waals surface area (Å²) in [6, 6.07) is 1.94. The summed E-state index contributed by atoms with van der Waals surface area (Å²) in [5.41, 5.74) is -0.172. The summed E-state index contributed by atoms with van der Waals surface area (Å²) in [4.78, 5) is 3.76. The van der Waals surface area contributed by atoms with Gasteiger partial charge in [-0.2, -0.15) is 5.10 Å². The Balaban J connectivity index is 2.59. The number of nitrogens with zero attached hydrogens (tertiary/aromatic N) is 3. The highest BCUT2D eigenvalue weighted by atomic mass is 19.2. The van der Waals surface area contributed by atoms with Crippen LogP contribution in [0.4, 0.5) is 13.2 Å². The first-order chi connectivity index (χ1) is 7.09. The average molecular weight is 213 g/mol. The van der Waals surface area contributed by atoms with Crippen LogP contribution in [0.15, 0.2) is 18.5 Å². The second-order valence-corrected chi connectivity index (χ2v) is 2.93. The van der Waals surface area contributed by atoms with E-state index in [4.69, 9.17) is 0 Å². The second kappa shape index (κ2) is 3.38. The van der Waals surface area contributed by atoms with Gasteiger partial charge in [0.15, 0.2) is 17.5 Å². The summed E-state index contributed by atoms with van der Waals surface area (Å²) in [6.07, 6.45) is 1.23. The third-order valence-corrected chi connectivity index (χ3v) is 1.87. The number of hydrogen-bond donors (Lipinski definition) is 0. The van der Waals surface area contributed by atoms with Gasteiger partial charge in [-0.05, 0) is 19.1 Å². The maximum absolute atomic E-state index is 13.3. The van der Waals surface area contributed by atoms with Crippen LogP contribution in [-0.2, 0) is 0 Å². The standard InChI is InChI=1S/C9H6F3N3/c1-5-13-4-15(14-5)7-3-2-6(10)8(11)9(7)12/h2-4H,1H3. The van der Waals surface area contributed by atoms with Crippen molar-refractivity contribution in [3.8, 4) is 5.69 Å². The van der Waals surface area contributed by atoms with Gasteiger partial charge in [-0.3, -0.25) is 0 Å². The summed E-state index contributed by atoms with van der Waals surface area (Å²) in [5.74, 6) is -3.60. The second-order valence-electron chi connectivity index (χ2n) is 2.93. The first-order valence-corrected chi connectivity index (χ1v) is 4.11. The Morgan fingerprint density at radius 2 is 1.87 bits per heavy atom. The van der Waals surface area contributed by atoms with Crippen LogP contribution in [0.1, 0.15) is 5.82 Å². The maximum atomic E-state index is 13.3. The van der Waals surface area contributed by atoms with Crippen LogP contribution >= 0.6 is 0 Å². The molecular weight excluding hydrogens is 207 g/mol. The van der Waals surface area contributed by atoms with E-state index in [-0.39, 0.29) is 5.69 Å². The minimum atomic E-state index is -1.51. The van der Waals surface area contributed by atoms with Gasteiger partial charge in [0.05, 0.1) is 0 Å². The summed E-state index contributed by atoms with van der Waals surface area (Å²) in [5, 5.41) is 3.79. The molecule has 0 saturated carbocycles. The number of halogens is 3. The van der Waals surface area contributed by atoms with Crippen molar-refractivity contribution in [1.29, 1.82) is 0 Å². The number of rotatable bonds is 1. The van der Waals surface area contributed by atoms with E-state index in [2.05, 4.69) is 10.1 Å². The zero-order valence-electron chi connectivity index (χ0n) is 7.71. The predicted octanol–water partition coefficient (Wildman–Crippen LogP) is 1.99. The molecule has 0 amide bonds. The summed E-state index contributed by atoms with van der Waals surface area (Å²) >= 11 is 0. The zero-order valence-corrected chi connectivity index (χ0v) is 7.71. The predicted molar refractivity (Wildman–Crippen MR) is 46.0 cm³/mol. The Kier molecular flexibility index (Phi) is 2.18. The smallest absolute Gasteiger partial charge is 0.196 e. The minimum absolute atomic E-state index is 0.172.